The van der Waals surface area contributed by atoms with Crippen molar-refractivity contribution in [3.05, 3.63) is 59.4 Å². The second-order valence-electron chi connectivity index (χ2n) is 5.60. The van der Waals surface area contributed by atoms with Crippen LogP contribution in [0.1, 0.15) is 33.3 Å². The standard InChI is InChI=1S/C18H20N2O4/c1-12(9-13-3-5-15(24-2)6-4-13)11-20-17(21)16-10-14(18(22)23)7-8-19-16/h3-8,10,12H,9,11H2,1-2H3,(H,20,21)(H,22,23). The van der Waals surface area contributed by atoms with Crippen LogP contribution in [0.15, 0.2) is 42.6 Å². The number of nitrogens with zero attached hydrogens (tertiary/aromatic N) is 1. The van der Waals surface area contributed by atoms with E-state index in [1.165, 1.54) is 18.3 Å². The molecule has 0 aliphatic carbocycles. The van der Waals surface area contributed by atoms with E-state index < -0.39 is 5.97 Å². The first-order chi connectivity index (χ1) is 11.5. The maximum Gasteiger partial charge on any atom is 0.335 e. The predicted octanol–water partition coefficient (Wildman–Crippen LogP) is 2.40. The van der Waals surface area contributed by atoms with Crippen LogP contribution in [0.25, 0.3) is 0 Å². The van der Waals surface area contributed by atoms with Gasteiger partial charge >= 0.3 is 5.97 Å². The Bertz CT molecular complexity index is 713. The Balaban J connectivity index is 1.88. The van der Waals surface area contributed by atoms with Crippen molar-refractivity contribution >= 4 is 11.9 Å². The van der Waals surface area contributed by atoms with Crippen LogP contribution in [-0.2, 0) is 6.42 Å². The second kappa shape index (κ2) is 8.10. The normalized spacial score (nSPS) is 11.6. The fourth-order valence-corrected chi connectivity index (χ4v) is 2.28. The molecule has 2 N–H and O–H groups in total. The predicted molar refractivity (Wildman–Crippen MR) is 89.4 cm³/mol. The number of hydrogen-bond acceptors (Lipinski definition) is 4. The third-order valence-electron chi connectivity index (χ3n) is 3.59. The molecule has 2 aromatic rings. The van der Waals surface area contributed by atoms with Crippen molar-refractivity contribution in [3.63, 3.8) is 0 Å². The first-order valence-electron chi connectivity index (χ1n) is 7.60. The minimum absolute atomic E-state index is 0.0430. The Hall–Kier alpha value is -2.89. The molecule has 126 valence electrons. The number of carboxylic acid groups (broad SMARTS) is 1. The van der Waals surface area contributed by atoms with Crippen molar-refractivity contribution in [2.75, 3.05) is 13.7 Å². The van der Waals surface area contributed by atoms with Crippen LogP contribution >= 0.6 is 0 Å². The van der Waals surface area contributed by atoms with Gasteiger partial charge in [-0.05, 0) is 42.2 Å². The van der Waals surface area contributed by atoms with E-state index in [1.807, 2.05) is 31.2 Å². The van der Waals surface area contributed by atoms with Crippen LogP contribution in [0.2, 0.25) is 0 Å². The third-order valence-corrected chi connectivity index (χ3v) is 3.59. The summed E-state index contributed by atoms with van der Waals surface area (Å²) in [6.45, 7) is 2.51. The first kappa shape index (κ1) is 17.5. The molecule has 0 spiro atoms. The van der Waals surface area contributed by atoms with Gasteiger partial charge in [0, 0.05) is 12.7 Å². The molecule has 0 saturated carbocycles. The molecule has 1 atom stereocenters. The second-order valence-corrected chi connectivity index (χ2v) is 5.60. The van der Waals surface area contributed by atoms with E-state index in [9.17, 15) is 9.59 Å². The van der Waals surface area contributed by atoms with Crippen LogP contribution in [0.5, 0.6) is 5.75 Å². The summed E-state index contributed by atoms with van der Waals surface area (Å²) in [6.07, 6.45) is 2.13. The van der Waals surface area contributed by atoms with Gasteiger partial charge in [0.05, 0.1) is 12.7 Å². The zero-order chi connectivity index (χ0) is 17.5. The van der Waals surface area contributed by atoms with Gasteiger partial charge in [0.1, 0.15) is 11.4 Å². The summed E-state index contributed by atoms with van der Waals surface area (Å²) in [6, 6.07) is 10.4. The largest absolute Gasteiger partial charge is 0.497 e. The van der Waals surface area contributed by atoms with Crippen LogP contribution in [0.4, 0.5) is 0 Å². The van der Waals surface area contributed by atoms with Crippen molar-refractivity contribution in [1.29, 1.82) is 0 Å². The van der Waals surface area contributed by atoms with E-state index in [1.54, 1.807) is 7.11 Å². The number of rotatable bonds is 7. The number of aromatic carboxylic acids is 1. The topological polar surface area (TPSA) is 88.5 Å². The minimum atomic E-state index is -1.08. The van der Waals surface area contributed by atoms with Crippen molar-refractivity contribution in [2.45, 2.75) is 13.3 Å². The molecule has 0 radical (unpaired) electrons. The van der Waals surface area contributed by atoms with E-state index in [4.69, 9.17) is 9.84 Å². The molecule has 0 fully saturated rings. The number of benzene rings is 1. The van der Waals surface area contributed by atoms with Crippen LogP contribution in [0.3, 0.4) is 0 Å². The van der Waals surface area contributed by atoms with Gasteiger partial charge in [-0.1, -0.05) is 19.1 Å². The number of amides is 1. The molecule has 24 heavy (non-hydrogen) atoms. The quantitative estimate of drug-likeness (QED) is 0.815. The lowest BCUT2D eigenvalue weighted by Crippen LogP contribution is -2.29. The van der Waals surface area contributed by atoms with Gasteiger partial charge in [-0.25, -0.2) is 4.79 Å². The lowest BCUT2D eigenvalue weighted by Gasteiger charge is -2.13. The van der Waals surface area contributed by atoms with E-state index in [-0.39, 0.29) is 23.1 Å². The number of carbonyl (C=O) groups excluding carboxylic acids is 1. The molecule has 1 amide bonds. The number of methoxy groups -OCH3 is 1. The number of aromatic nitrogens is 1. The lowest BCUT2D eigenvalue weighted by molar-refractivity contribution is 0.0696. The molecule has 1 aromatic carbocycles. The molecule has 1 unspecified atom stereocenters. The molecular formula is C18H20N2O4. The molecule has 0 aliphatic heterocycles. The SMILES string of the molecule is COc1ccc(CC(C)CNC(=O)c2cc(C(=O)O)ccn2)cc1. The van der Waals surface area contributed by atoms with Gasteiger partial charge in [0.25, 0.3) is 5.91 Å². The molecular weight excluding hydrogens is 308 g/mol. The molecule has 0 aliphatic rings. The molecule has 1 aromatic heterocycles. The van der Waals surface area contributed by atoms with E-state index in [2.05, 4.69) is 10.3 Å². The number of ether oxygens (including phenoxy) is 1. The maximum atomic E-state index is 12.1. The van der Waals surface area contributed by atoms with Gasteiger partial charge in [-0.3, -0.25) is 9.78 Å². The van der Waals surface area contributed by atoms with Gasteiger partial charge < -0.3 is 15.2 Å². The highest BCUT2D eigenvalue weighted by atomic mass is 16.5. The number of hydrogen-bond donors (Lipinski definition) is 2. The summed E-state index contributed by atoms with van der Waals surface area (Å²) in [5.41, 5.74) is 1.30. The zero-order valence-corrected chi connectivity index (χ0v) is 13.7. The van der Waals surface area contributed by atoms with Gasteiger partial charge in [0.2, 0.25) is 0 Å². The number of pyridine rings is 1. The fraction of sp³-hybridized carbons (Fsp3) is 0.278. The molecule has 0 saturated heterocycles. The average Bonchev–Trinajstić information content (AvgIpc) is 2.60. The Morgan fingerprint density at radius 3 is 2.58 bits per heavy atom. The molecule has 2 rings (SSSR count). The van der Waals surface area contributed by atoms with Crippen molar-refractivity contribution in [2.24, 2.45) is 5.92 Å². The van der Waals surface area contributed by atoms with E-state index in [0.29, 0.717) is 6.54 Å². The molecule has 1 heterocycles. The summed E-state index contributed by atoms with van der Waals surface area (Å²) < 4.78 is 5.12. The maximum absolute atomic E-state index is 12.1. The number of nitrogens with one attached hydrogen (secondary N) is 1. The summed E-state index contributed by atoms with van der Waals surface area (Å²) in [5.74, 6) is -0.423. The van der Waals surface area contributed by atoms with Crippen LogP contribution < -0.4 is 10.1 Å². The highest BCUT2D eigenvalue weighted by Gasteiger charge is 2.12. The van der Waals surface area contributed by atoms with Gasteiger partial charge in [-0.2, -0.15) is 0 Å². The minimum Gasteiger partial charge on any atom is -0.497 e. The number of carboxylic acids is 1. The Labute approximate surface area is 140 Å². The van der Waals surface area contributed by atoms with E-state index in [0.717, 1.165) is 17.7 Å². The van der Waals surface area contributed by atoms with Crippen LogP contribution in [-0.4, -0.2) is 35.6 Å². The van der Waals surface area contributed by atoms with Crippen molar-refractivity contribution < 1.29 is 19.4 Å². The van der Waals surface area contributed by atoms with Gasteiger partial charge in [-0.15, -0.1) is 0 Å². The highest BCUT2D eigenvalue weighted by Crippen LogP contribution is 2.14. The Morgan fingerprint density at radius 2 is 1.96 bits per heavy atom. The smallest absolute Gasteiger partial charge is 0.335 e. The zero-order valence-electron chi connectivity index (χ0n) is 13.7. The monoisotopic (exact) mass is 328 g/mol. The average molecular weight is 328 g/mol. The molecule has 6 heteroatoms. The van der Waals surface area contributed by atoms with Crippen molar-refractivity contribution in [1.82, 2.24) is 10.3 Å². The van der Waals surface area contributed by atoms with Crippen molar-refractivity contribution in [3.8, 4) is 5.75 Å². The molecule has 0 bridgehead atoms. The fourth-order valence-electron chi connectivity index (χ4n) is 2.28. The highest BCUT2D eigenvalue weighted by molar-refractivity contribution is 5.95. The summed E-state index contributed by atoms with van der Waals surface area (Å²) in [4.78, 5) is 26.9. The van der Waals surface area contributed by atoms with Gasteiger partial charge in [0.15, 0.2) is 0 Å². The van der Waals surface area contributed by atoms with Crippen LogP contribution in [0, 0.1) is 5.92 Å². The summed E-state index contributed by atoms with van der Waals surface area (Å²) in [7, 11) is 1.63. The summed E-state index contributed by atoms with van der Waals surface area (Å²) in [5, 5.41) is 11.7. The Kier molecular flexibility index (Phi) is 5.89. The summed E-state index contributed by atoms with van der Waals surface area (Å²) >= 11 is 0. The lowest BCUT2D eigenvalue weighted by atomic mass is 10.0. The Morgan fingerprint density at radius 1 is 1.25 bits per heavy atom. The molecule has 6 nitrogen and oxygen atoms in total. The number of carbonyl (C=O) groups is 2. The first-order valence-corrected chi connectivity index (χ1v) is 7.60. The van der Waals surface area contributed by atoms with E-state index >= 15 is 0 Å². The third kappa shape index (κ3) is 4.81.